The molecule has 0 bridgehead atoms. The van der Waals surface area contributed by atoms with Gasteiger partial charge in [0.25, 0.3) is 5.91 Å². The molecule has 8 nitrogen and oxygen atoms in total. The van der Waals surface area contributed by atoms with E-state index >= 15 is 0 Å². The zero-order valence-electron chi connectivity index (χ0n) is 15.9. The SMILES string of the molecule is CCOC(=O)c1ccc2c(c1)nc(SCC(=O)Nc1sccc1C(N)=O)n2CC. The third kappa shape index (κ3) is 4.60. The summed E-state index contributed by atoms with van der Waals surface area (Å²) in [6.45, 7) is 4.70. The number of hydrogen-bond acceptors (Lipinski definition) is 7. The highest BCUT2D eigenvalue weighted by atomic mass is 32.2. The number of anilines is 1. The summed E-state index contributed by atoms with van der Waals surface area (Å²) in [5.74, 6) is -1.12. The fourth-order valence-corrected chi connectivity index (χ4v) is 4.44. The van der Waals surface area contributed by atoms with Gasteiger partial charge in [0.1, 0.15) is 5.00 Å². The van der Waals surface area contributed by atoms with Crippen molar-refractivity contribution < 1.29 is 19.1 Å². The van der Waals surface area contributed by atoms with E-state index < -0.39 is 11.9 Å². The smallest absolute Gasteiger partial charge is 0.338 e. The highest BCUT2D eigenvalue weighted by Crippen LogP contribution is 2.27. The second-order valence-corrected chi connectivity index (χ2v) is 7.79. The van der Waals surface area contributed by atoms with E-state index in [2.05, 4.69) is 10.3 Å². The van der Waals surface area contributed by atoms with Crippen molar-refractivity contribution in [2.45, 2.75) is 25.5 Å². The lowest BCUT2D eigenvalue weighted by atomic mass is 10.2. The van der Waals surface area contributed by atoms with Gasteiger partial charge in [-0.2, -0.15) is 0 Å². The molecule has 29 heavy (non-hydrogen) atoms. The summed E-state index contributed by atoms with van der Waals surface area (Å²) in [6, 6.07) is 6.80. The van der Waals surface area contributed by atoms with E-state index in [1.165, 1.54) is 23.1 Å². The first-order valence-electron chi connectivity index (χ1n) is 8.91. The van der Waals surface area contributed by atoms with Gasteiger partial charge in [-0.1, -0.05) is 11.8 Å². The lowest BCUT2D eigenvalue weighted by molar-refractivity contribution is -0.113. The molecule has 2 heterocycles. The molecule has 152 valence electrons. The number of rotatable bonds is 8. The van der Waals surface area contributed by atoms with Gasteiger partial charge in [-0.3, -0.25) is 9.59 Å². The Morgan fingerprint density at radius 1 is 1.28 bits per heavy atom. The number of benzene rings is 1. The Morgan fingerprint density at radius 3 is 2.76 bits per heavy atom. The Labute approximate surface area is 175 Å². The molecule has 3 rings (SSSR count). The number of nitrogens with zero attached hydrogens (tertiary/aromatic N) is 2. The van der Waals surface area contributed by atoms with Crippen LogP contribution in [0, 0.1) is 0 Å². The Kier molecular flexibility index (Phi) is 6.55. The van der Waals surface area contributed by atoms with Crippen molar-refractivity contribution in [3.8, 4) is 0 Å². The quantitative estimate of drug-likeness (QED) is 0.417. The monoisotopic (exact) mass is 432 g/mol. The van der Waals surface area contributed by atoms with Crippen LogP contribution in [0.15, 0.2) is 34.8 Å². The third-order valence-electron chi connectivity index (χ3n) is 4.06. The van der Waals surface area contributed by atoms with Crippen molar-refractivity contribution in [1.82, 2.24) is 9.55 Å². The van der Waals surface area contributed by atoms with E-state index in [1.807, 2.05) is 17.6 Å². The molecule has 3 N–H and O–H groups in total. The number of thioether (sulfide) groups is 1. The van der Waals surface area contributed by atoms with Gasteiger partial charge in [0.15, 0.2) is 5.16 Å². The van der Waals surface area contributed by atoms with Crippen molar-refractivity contribution in [3.63, 3.8) is 0 Å². The van der Waals surface area contributed by atoms with Crippen molar-refractivity contribution in [2.24, 2.45) is 5.73 Å². The first kappa shape index (κ1) is 20.9. The molecule has 0 radical (unpaired) electrons. The van der Waals surface area contributed by atoms with Crippen LogP contribution in [0.4, 0.5) is 5.00 Å². The third-order valence-corrected chi connectivity index (χ3v) is 5.86. The fraction of sp³-hybridized carbons (Fsp3) is 0.263. The second-order valence-electron chi connectivity index (χ2n) is 5.93. The number of ether oxygens (including phenoxy) is 1. The van der Waals surface area contributed by atoms with Gasteiger partial charge in [0, 0.05) is 6.54 Å². The molecule has 0 atom stereocenters. The summed E-state index contributed by atoms with van der Waals surface area (Å²) in [6.07, 6.45) is 0. The number of amides is 2. The van der Waals surface area contributed by atoms with Gasteiger partial charge >= 0.3 is 5.97 Å². The molecule has 0 aliphatic heterocycles. The first-order valence-corrected chi connectivity index (χ1v) is 10.8. The van der Waals surface area contributed by atoms with E-state index in [9.17, 15) is 14.4 Å². The van der Waals surface area contributed by atoms with Gasteiger partial charge in [-0.15, -0.1) is 11.3 Å². The van der Waals surface area contributed by atoms with Gasteiger partial charge in [0.05, 0.1) is 34.5 Å². The molecular formula is C19H20N4O4S2. The number of carbonyl (C=O) groups is 3. The van der Waals surface area contributed by atoms with Crippen molar-refractivity contribution in [3.05, 3.63) is 40.8 Å². The number of nitrogens with one attached hydrogen (secondary N) is 1. The molecule has 0 saturated heterocycles. The largest absolute Gasteiger partial charge is 0.462 e. The standard InChI is InChI=1S/C19H20N4O4S2/c1-3-23-14-6-5-11(18(26)27-4-2)9-13(14)21-19(23)29-10-15(24)22-17-12(16(20)25)7-8-28-17/h5-9H,3-4,10H2,1-2H3,(H2,20,25)(H,22,24). The Hall–Kier alpha value is -2.85. The van der Waals surface area contributed by atoms with Crippen LogP contribution in [0.5, 0.6) is 0 Å². The van der Waals surface area contributed by atoms with Crippen LogP contribution in [0.1, 0.15) is 34.6 Å². The van der Waals surface area contributed by atoms with E-state index in [0.29, 0.717) is 40.0 Å². The van der Waals surface area contributed by atoms with Crippen LogP contribution in [0.25, 0.3) is 11.0 Å². The highest BCUT2D eigenvalue weighted by Gasteiger charge is 2.16. The minimum absolute atomic E-state index is 0.115. The molecule has 0 aliphatic rings. The lowest BCUT2D eigenvalue weighted by Crippen LogP contribution is -2.18. The summed E-state index contributed by atoms with van der Waals surface area (Å²) in [5.41, 5.74) is 7.56. The Bertz CT molecular complexity index is 1070. The number of nitrogens with two attached hydrogens (primary N) is 1. The summed E-state index contributed by atoms with van der Waals surface area (Å²) in [5, 5.41) is 5.51. The number of aryl methyl sites for hydroxylation is 1. The summed E-state index contributed by atoms with van der Waals surface area (Å²) >= 11 is 2.52. The van der Waals surface area contributed by atoms with E-state index in [1.54, 1.807) is 30.5 Å². The van der Waals surface area contributed by atoms with Crippen LogP contribution >= 0.6 is 23.1 Å². The maximum atomic E-state index is 12.3. The van der Waals surface area contributed by atoms with Gasteiger partial charge in [0.2, 0.25) is 5.91 Å². The minimum Gasteiger partial charge on any atom is -0.462 e. The molecule has 10 heteroatoms. The van der Waals surface area contributed by atoms with Crippen molar-refractivity contribution >= 4 is 56.9 Å². The Balaban J connectivity index is 1.75. The average Bonchev–Trinajstić information content (AvgIpc) is 3.29. The molecular weight excluding hydrogens is 412 g/mol. The first-order chi connectivity index (χ1) is 13.9. The van der Waals surface area contributed by atoms with Gasteiger partial charge < -0.3 is 20.4 Å². The average molecular weight is 433 g/mol. The zero-order chi connectivity index (χ0) is 21.0. The Morgan fingerprint density at radius 2 is 2.07 bits per heavy atom. The maximum absolute atomic E-state index is 12.3. The minimum atomic E-state index is -0.584. The van der Waals surface area contributed by atoms with Crippen LogP contribution in [0.3, 0.4) is 0 Å². The topological polar surface area (TPSA) is 116 Å². The van der Waals surface area contributed by atoms with Gasteiger partial charge in [-0.05, 0) is 43.5 Å². The van der Waals surface area contributed by atoms with E-state index in [-0.39, 0.29) is 11.7 Å². The number of primary amides is 1. The number of hydrogen-bond donors (Lipinski definition) is 2. The van der Waals surface area contributed by atoms with E-state index in [4.69, 9.17) is 10.5 Å². The molecule has 2 amide bonds. The molecule has 0 spiro atoms. The highest BCUT2D eigenvalue weighted by molar-refractivity contribution is 7.99. The van der Waals surface area contributed by atoms with Crippen LogP contribution in [-0.2, 0) is 16.1 Å². The number of aromatic nitrogens is 2. The number of imidazole rings is 1. The predicted molar refractivity (Wildman–Crippen MR) is 114 cm³/mol. The normalized spacial score (nSPS) is 10.8. The lowest BCUT2D eigenvalue weighted by Gasteiger charge is -2.07. The van der Waals surface area contributed by atoms with Crippen molar-refractivity contribution in [1.29, 1.82) is 0 Å². The molecule has 1 aromatic carbocycles. The zero-order valence-corrected chi connectivity index (χ0v) is 17.6. The molecule has 0 aliphatic carbocycles. The molecule has 0 fully saturated rings. The van der Waals surface area contributed by atoms with Crippen molar-refractivity contribution in [2.75, 3.05) is 17.7 Å². The molecule has 2 aromatic heterocycles. The molecule has 0 unspecified atom stereocenters. The molecule has 0 saturated carbocycles. The maximum Gasteiger partial charge on any atom is 0.338 e. The number of esters is 1. The van der Waals surface area contributed by atoms with E-state index in [0.717, 1.165) is 5.52 Å². The van der Waals surface area contributed by atoms with Crippen LogP contribution < -0.4 is 11.1 Å². The predicted octanol–water partition coefficient (Wildman–Crippen LogP) is 3.12. The fourth-order valence-electron chi connectivity index (χ4n) is 2.76. The van der Waals surface area contributed by atoms with Crippen LogP contribution in [-0.4, -0.2) is 39.7 Å². The van der Waals surface area contributed by atoms with Crippen LogP contribution in [0.2, 0.25) is 0 Å². The summed E-state index contributed by atoms with van der Waals surface area (Å²) in [7, 11) is 0. The van der Waals surface area contributed by atoms with Gasteiger partial charge in [-0.25, -0.2) is 9.78 Å². The number of thiophene rings is 1. The molecule has 3 aromatic rings. The number of carbonyl (C=O) groups excluding carboxylic acids is 3. The number of fused-ring (bicyclic) bond motifs is 1. The second kappa shape index (κ2) is 9.10. The summed E-state index contributed by atoms with van der Waals surface area (Å²) in [4.78, 5) is 40.2. The summed E-state index contributed by atoms with van der Waals surface area (Å²) < 4.78 is 7.01.